The van der Waals surface area contributed by atoms with Gasteiger partial charge in [0, 0.05) is 0 Å². The smallest absolute Gasteiger partial charge is 0.249 e. The molecular formula is C31H57NO4. The van der Waals surface area contributed by atoms with Crippen molar-refractivity contribution in [1.82, 2.24) is 5.32 Å². The lowest BCUT2D eigenvalue weighted by molar-refractivity contribution is -0.131. The van der Waals surface area contributed by atoms with Gasteiger partial charge in [-0.15, -0.1) is 0 Å². The Kier molecular flexibility index (Phi) is 25.6. The van der Waals surface area contributed by atoms with E-state index in [0.717, 1.165) is 44.9 Å². The second-order valence-corrected chi connectivity index (χ2v) is 9.94. The fraction of sp³-hybridized carbons (Fsp3) is 0.774. The van der Waals surface area contributed by atoms with Gasteiger partial charge < -0.3 is 20.6 Å². The molecule has 0 rings (SSSR count). The van der Waals surface area contributed by atoms with Crippen LogP contribution < -0.4 is 5.32 Å². The lowest BCUT2D eigenvalue weighted by Gasteiger charge is -2.21. The minimum Gasteiger partial charge on any atom is -0.394 e. The van der Waals surface area contributed by atoms with Crippen LogP contribution in [0.4, 0.5) is 0 Å². The summed E-state index contributed by atoms with van der Waals surface area (Å²) in [6, 6.07) is -0.817. The fourth-order valence-corrected chi connectivity index (χ4v) is 4.01. The number of nitrogens with one attached hydrogen (secondary N) is 1. The maximum atomic E-state index is 12.3. The fourth-order valence-electron chi connectivity index (χ4n) is 4.01. The molecule has 210 valence electrons. The highest BCUT2D eigenvalue weighted by atomic mass is 16.3. The first-order chi connectivity index (χ1) is 17.6. The molecule has 0 saturated heterocycles. The molecule has 3 atom stereocenters. The molecule has 0 aliphatic carbocycles. The summed E-state index contributed by atoms with van der Waals surface area (Å²) in [4.78, 5) is 12.3. The number of unbranched alkanes of at least 4 members (excludes halogenated alkanes) is 13. The lowest BCUT2D eigenvalue weighted by Crippen LogP contribution is -2.48. The third-order valence-corrected chi connectivity index (χ3v) is 6.45. The van der Waals surface area contributed by atoms with Crippen molar-refractivity contribution >= 4 is 5.91 Å². The maximum absolute atomic E-state index is 12.3. The number of carbonyl (C=O) groups is 1. The second-order valence-electron chi connectivity index (χ2n) is 9.94. The molecule has 0 aromatic carbocycles. The van der Waals surface area contributed by atoms with Gasteiger partial charge in [0.15, 0.2) is 0 Å². The van der Waals surface area contributed by atoms with Crippen LogP contribution in [0.2, 0.25) is 0 Å². The number of aliphatic hydroxyl groups is 3. The average molecular weight is 508 g/mol. The molecule has 0 bridgehead atoms. The highest BCUT2D eigenvalue weighted by Gasteiger charge is 2.22. The normalized spacial score (nSPS) is 14.7. The summed E-state index contributed by atoms with van der Waals surface area (Å²) in [6.07, 6.45) is 30.1. The minimum absolute atomic E-state index is 0.381. The topological polar surface area (TPSA) is 89.8 Å². The molecule has 0 aromatic rings. The second kappa shape index (κ2) is 26.6. The van der Waals surface area contributed by atoms with E-state index in [2.05, 4.69) is 43.5 Å². The summed E-state index contributed by atoms with van der Waals surface area (Å²) < 4.78 is 0. The Hall–Kier alpha value is -1.43. The quantitative estimate of drug-likeness (QED) is 0.0798. The Morgan fingerprint density at radius 2 is 1.14 bits per heavy atom. The first kappa shape index (κ1) is 34.6. The summed E-state index contributed by atoms with van der Waals surface area (Å²) in [6.45, 7) is 4.07. The molecular weight excluding hydrogens is 450 g/mol. The zero-order chi connectivity index (χ0) is 26.7. The van der Waals surface area contributed by atoms with Crippen LogP contribution in [0, 0.1) is 0 Å². The Bertz CT molecular complexity index is 573. The van der Waals surface area contributed by atoms with Crippen LogP contribution in [0.25, 0.3) is 0 Å². The summed E-state index contributed by atoms with van der Waals surface area (Å²) in [5.74, 6) is -0.536. The van der Waals surface area contributed by atoms with Crippen molar-refractivity contribution in [1.29, 1.82) is 0 Å². The van der Waals surface area contributed by atoms with E-state index < -0.39 is 24.2 Å². The van der Waals surface area contributed by atoms with Gasteiger partial charge in [0.2, 0.25) is 5.91 Å². The zero-order valence-electron chi connectivity index (χ0n) is 23.4. The van der Waals surface area contributed by atoms with Crippen LogP contribution in [0.15, 0.2) is 36.5 Å². The number of allylic oxidation sites excluding steroid dienone is 5. The summed E-state index contributed by atoms with van der Waals surface area (Å²) in [5, 5.41) is 32.6. The van der Waals surface area contributed by atoms with Crippen molar-refractivity contribution in [3.05, 3.63) is 36.5 Å². The van der Waals surface area contributed by atoms with Crippen molar-refractivity contribution < 1.29 is 20.1 Å². The van der Waals surface area contributed by atoms with Crippen LogP contribution in [0.5, 0.6) is 0 Å². The van der Waals surface area contributed by atoms with Gasteiger partial charge in [-0.05, 0) is 57.8 Å². The van der Waals surface area contributed by atoms with E-state index in [-0.39, 0.29) is 6.61 Å². The minimum atomic E-state index is -1.12. The predicted octanol–water partition coefficient (Wildman–Crippen LogP) is 6.92. The molecule has 0 aliphatic rings. The lowest BCUT2D eigenvalue weighted by atomic mass is 10.1. The van der Waals surface area contributed by atoms with Gasteiger partial charge in [-0.2, -0.15) is 0 Å². The molecule has 4 N–H and O–H groups in total. The highest BCUT2D eigenvalue weighted by Crippen LogP contribution is 2.09. The van der Waals surface area contributed by atoms with E-state index in [1.165, 1.54) is 64.2 Å². The van der Waals surface area contributed by atoms with E-state index in [0.29, 0.717) is 6.42 Å². The predicted molar refractivity (Wildman–Crippen MR) is 153 cm³/mol. The van der Waals surface area contributed by atoms with Gasteiger partial charge in [-0.1, -0.05) is 108 Å². The van der Waals surface area contributed by atoms with Crippen LogP contribution >= 0.6 is 0 Å². The van der Waals surface area contributed by atoms with E-state index in [1.54, 1.807) is 6.08 Å². The Labute approximate surface area is 222 Å². The number of carbonyl (C=O) groups excluding carboxylic acids is 1. The van der Waals surface area contributed by atoms with Gasteiger partial charge in [0.1, 0.15) is 6.10 Å². The van der Waals surface area contributed by atoms with Crippen molar-refractivity contribution in [3.8, 4) is 0 Å². The van der Waals surface area contributed by atoms with Gasteiger partial charge in [0.05, 0.1) is 18.8 Å². The van der Waals surface area contributed by atoms with Crippen LogP contribution in [-0.2, 0) is 4.79 Å². The standard InChI is InChI=1S/C31H57NO4/c1-3-5-7-9-11-13-15-16-18-20-22-24-26-30(35)31(36)32-28(27-33)29(34)25-23-21-19-17-14-12-10-8-6-4-2/h14,16-18,23,25,28-30,33-35H,3-13,15,19-22,24,26-27H2,1-2H3,(H,32,36)/b17-14+,18-16-,25-23+. The molecule has 3 unspecified atom stereocenters. The van der Waals surface area contributed by atoms with Crippen molar-refractivity contribution in [2.45, 2.75) is 148 Å². The highest BCUT2D eigenvalue weighted by molar-refractivity contribution is 5.80. The molecule has 5 nitrogen and oxygen atoms in total. The molecule has 0 heterocycles. The van der Waals surface area contributed by atoms with Crippen LogP contribution in [0.3, 0.4) is 0 Å². The molecule has 0 radical (unpaired) electrons. The van der Waals surface area contributed by atoms with E-state index in [9.17, 15) is 20.1 Å². The SMILES string of the molecule is CCCCCC/C=C/CC/C=C/C(O)C(CO)NC(=O)C(O)CCCC/C=C\CCCCCCCC. The van der Waals surface area contributed by atoms with Crippen LogP contribution in [-0.4, -0.2) is 46.1 Å². The van der Waals surface area contributed by atoms with E-state index in [1.807, 2.05) is 6.08 Å². The third-order valence-electron chi connectivity index (χ3n) is 6.45. The summed E-state index contributed by atoms with van der Waals surface area (Å²) in [5.41, 5.74) is 0. The molecule has 0 spiro atoms. The van der Waals surface area contributed by atoms with E-state index in [4.69, 9.17) is 0 Å². The maximum Gasteiger partial charge on any atom is 0.249 e. The van der Waals surface area contributed by atoms with E-state index >= 15 is 0 Å². The number of amides is 1. The molecule has 0 saturated carbocycles. The molecule has 5 heteroatoms. The monoisotopic (exact) mass is 507 g/mol. The molecule has 1 amide bonds. The van der Waals surface area contributed by atoms with Gasteiger partial charge in [-0.25, -0.2) is 0 Å². The average Bonchev–Trinajstić information content (AvgIpc) is 2.88. The summed E-state index contributed by atoms with van der Waals surface area (Å²) in [7, 11) is 0. The first-order valence-electron chi connectivity index (χ1n) is 14.8. The molecule has 36 heavy (non-hydrogen) atoms. The Balaban J connectivity index is 3.95. The third kappa shape index (κ3) is 21.8. The van der Waals surface area contributed by atoms with Gasteiger partial charge >= 0.3 is 0 Å². The number of aliphatic hydroxyl groups excluding tert-OH is 3. The van der Waals surface area contributed by atoms with Crippen molar-refractivity contribution in [2.75, 3.05) is 6.61 Å². The van der Waals surface area contributed by atoms with Crippen molar-refractivity contribution in [2.24, 2.45) is 0 Å². The summed E-state index contributed by atoms with van der Waals surface area (Å²) >= 11 is 0. The molecule has 0 fully saturated rings. The number of hydrogen-bond acceptors (Lipinski definition) is 4. The van der Waals surface area contributed by atoms with Crippen molar-refractivity contribution in [3.63, 3.8) is 0 Å². The van der Waals surface area contributed by atoms with Gasteiger partial charge in [-0.3, -0.25) is 4.79 Å². The Morgan fingerprint density at radius 3 is 1.72 bits per heavy atom. The largest absolute Gasteiger partial charge is 0.394 e. The van der Waals surface area contributed by atoms with Gasteiger partial charge in [0.25, 0.3) is 0 Å². The van der Waals surface area contributed by atoms with Crippen LogP contribution in [0.1, 0.15) is 129 Å². The molecule has 0 aliphatic heterocycles. The first-order valence-corrected chi connectivity index (χ1v) is 14.8. The molecule has 0 aromatic heterocycles. The number of rotatable bonds is 25. The number of hydrogen-bond donors (Lipinski definition) is 4. The Morgan fingerprint density at radius 1 is 0.667 bits per heavy atom. The zero-order valence-corrected chi connectivity index (χ0v) is 23.4.